The predicted octanol–water partition coefficient (Wildman–Crippen LogP) is 5.09. The smallest absolute Gasteiger partial charge is 0.258 e. The highest BCUT2D eigenvalue weighted by Gasteiger charge is 2.23. The number of nitrogens with one attached hydrogen (secondary N) is 1. The van der Waals surface area contributed by atoms with Crippen LogP contribution in [0.15, 0.2) is 64.7 Å². The second-order valence-corrected chi connectivity index (χ2v) is 9.50. The van der Waals surface area contributed by atoms with Crippen LogP contribution < -0.4 is 5.32 Å². The van der Waals surface area contributed by atoms with E-state index in [0.29, 0.717) is 5.92 Å². The van der Waals surface area contributed by atoms with Crippen molar-refractivity contribution in [3.63, 3.8) is 0 Å². The summed E-state index contributed by atoms with van der Waals surface area (Å²) in [4.78, 5) is 20.5. The van der Waals surface area contributed by atoms with Gasteiger partial charge in [0.15, 0.2) is 0 Å². The Labute approximate surface area is 211 Å². The monoisotopic (exact) mass is 504 g/mol. The molecular formula is C25H30Cl2N4OS. The molecule has 1 saturated heterocycles. The van der Waals surface area contributed by atoms with Crippen molar-refractivity contribution >= 4 is 54.2 Å². The van der Waals surface area contributed by atoms with Gasteiger partial charge in [-0.25, -0.2) is 4.98 Å². The van der Waals surface area contributed by atoms with Crippen LogP contribution in [0.2, 0.25) is 0 Å². The topological polar surface area (TPSA) is 49.6 Å². The van der Waals surface area contributed by atoms with Crippen molar-refractivity contribution in [2.24, 2.45) is 5.92 Å². The van der Waals surface area contributed by atoms with Gasteiger partial charge in [0, 0.05) is 6.54 Å². The van der Waals surface area contributed by atoms with Gasteiger partial charge in [-0.15, -0.1) is 24.8 Å². The highest BCUT2D eigenvalue weighted by atomic mass is 35.5. The zero-order valence-corrected chi connectivity index (χ0v) is 20.9. The Balaban J connectivity index is 0.00000153. The molecule has 33 heavy (non-hydrogen) atoms. The number of carbonyl (C=O) groups is 1. The number of likely N-dealkylation sites (tertiary alicyclic amines) is 1. The summed E-state index contributed by atoms with van der Waals surface area (Å²) in [5.41, 5.74) is 3.32. The molecule has 4 heterocycles. The maximum atomic E-state index is 12.8. The van der Waals surface area contributed by atoms with E-state index in [9.17, 15) is 4.79 Å². The number of imidazole rings is 1. The SMILES string of the molecule is Cl.Cl.O=C(NCC1CCN(CCCc2ccccc2)CC1)C1=Cc2cnc3cccc(n23)S1. The van der Waals surface area contributed by atoms with E-state index >= 15 is 0 Å². The summed E-state index contributed by atoms with van der Waals surface area (Å²) in [5, 5.41) is 4.22. The lowest BCUT2D eigenvalue weighted by atomic mass is 9.96. The van der Waals surface area contributed by atoms with Crippen LogP contribution in [0.4, 0.5) is 0 Å². The van der Waals surface area contributed by atoms with Crippen molar-refractivity contribution in [1.82, 2.24) is 19.6 Å². The molecule has 1 amide bonds. The molecule has 5 rings (SSSR count). The number of hydrogen-bond donors (Lipinski definition) is 1. The number of pyridine rings is 1. The van der Waals surface area contributed by atoms with Gasteiger partial charge in [0.25, 0.3) is 5.91 Å². The van der Waals surface area contributed by atoms with Crippen molar-refractivity contribution in [2.45, 2.75) is 30.7 Å². The molecule has 0 saturated carbocycles. The quantitative estimate of drug-likeness (QED) is 0.486. The first-order valence-corrected chi connectivity index (χ1v) is 12.0. The normalized spacial score (nSPS) is 15.9. The van der Waals surface area contributed by atoms with Crippen LogP contribution >= 0.6 is 36.6 Å². The summed E-state index contributed by atoms with van der Waals surface area (Å²) in [7, 11) is 0. The van der Waals surface area contributed by atoms with Gasteiger partial charge >= 0.3 is 0 Å². The minimum atomic E-state index is 0. The number of piperidine rings is 1. The van der Waals surface area contributed by atoms with E-state index in [1.165, 1.54) is 23.7 Å². The first-order chi connectivity index (χ1) is 15.3. The van der Waals surface area contributed by atoms with E-state index in [4.69, 9.17) is 0 Å². The van der Waals surface area contributed by atoms with Crippen LogP contribution in [0.5, 0.6) is 0 Å². The molecule has 0 radical (unpaired) electrons. The minimum Gasteiger partial charge on any atom is -0.351 e. The van der Waals surface area contributed by atoms with Crippen molar-refractivity contribution in [3.05, 3.63) is 70.9 Å². The number of hydrogen-bond acceptors (Lipinski definition) is 4. The van der Waals surface area contributed by atoms with E-state index < -0.39 is 0 Å². The second kappa shape index (κ2) is 11.9. The van der Waals surface area contributed by atoms with Gasteiger partial charge in [-0.3, -0.25) is 9.20 Å². The number of thioether (sulfide) groups is 1. The van der Waals surface area contributed by atoms with Crippen LogP contribution in [0, 0.1) is 5.92 Å². The first kappa shape index (κ1) is 25.6. The predicted molar refractivity (Wildman–Crippen MR) is 140 cm³/mol. The fourth-order valence-electron chi connectivity index (χ4n) is 4.49. The van der Waals surface area contributed by atoms with Gasteiger partial charge < -0.3 is 10.2 Å². The molecule has 176 valence electrons. The molecule has 1 N–H and O–H groups in total. The van der Waals surface area contributed by atoms with Crippen LogP contribution in [-0.4, -0.2) is 46.4 Å². The molecule has 0 aliphatic carbocycles. The molecule has 2 aliphatic rings. The van der Waals surface area contributed by atoms with Gasteiger partial charge in [-0.1, -0.05) is 48.2 Å². The summed E-state index contributed by atoms with van der Waals surface area (Å²) in [5.74, 6) is 0.595. The Morgan fingerprint density at radius 2 is 1.85 bits per heavy atom. The molecule has 2 aromatic heterocycles. The van der Waals surface area contributed by atoms with E-state index in [1.807, 2.05) is 30.5 Å². The summed E-state index contributed by atoms with van der Waals surface area (Å²) < 4.78 is 2.09. The molecule has 0 spiro atoms. The molecule has 2 aliphatic heterocycles. The second-order valence-electron chi connectivity index (χ2n) is 8.44. The van der Waals surface area contributed by atoms with Gasteiger partial charge in [0.2, 0.25) is 0 Å². The average Bonchev–Trinajstić information content (AvgIpc) is 3.23. The summed E-state index contributed by atoms with van der Waals surface area (Å²) in [6.07, 6.45) is 8.45. The van der Waals surface area contributed by atoms with Crippen LogP contribution in [0.25, 0.3) is 11.7 Å². The number of nitrogens with zero attached hydrogens (tertiary/aromatic N) is 3. The number of aryl methyl sites for hydroxylation is 1. The van der Waals surface area contributed by atoms with Gasteiger partial charge in [-0.05, 0) is 75.0 Å². The molecule has 1 fully saturated rings. The molecule has 0 unspecified atom stereocenters. The maximum absolute atomic E-state index is 12.8. The van der Waals surface area contributed by atoms with E-state index in [-0.39, 0.29) is 30.7 Å². The van der Waals surface area contributed by atoms with E-state index in [1.54, 1.807) is 0 Å². The Hall–Kier alpha value is -1.99. The number of benzene rings is 1. The molecule has 8 heteroatoms. The van der Waals surface area contributed by atoms with E-state index in [2.05, 4.69) is 49.9 Å². The maximum Gasteiger partial charge on any atom is 0.258 e. The first-order valence-electron chi connectivity index (χ1n) is 11.2. The van der Waals surface area contributed by atoms with Crippen LogP contribution in [0.3, 0.4) is 0 Å². The summed E-state index contributed by atoms with van der Waals surface area (Å²) >= 11 is 1.52. The average molecular weight is 506 g/mol. The third kappa shape index (κ3) is 6.12. The Bertz CT molecular complexity index is 1090. The van der Waals surface area contributed by atoms with Crippen molar-refractivity contribution in [1.29, 1.82) is 0 Å². The lowest BCUT2D eigenvalue weighted by Crippen LogP contribution is -2.39. The van der Waals surface area contributed by atoms with Crippen LogP contribution in [-0.2, 0) is 11.2 Å². The third-order valence-corrected chi connectivity index (χ3v) is 7.33. The number of aromatic nitrogens is 2. The molecule has 3 aromatic rings. The minimum absolute atomic E-state index is 0. The molecule has 0 atom stereocenters. The van der Waals surface area contributed by atoms with Crippen LogP contribution in [0.1, 0.15) is 30.5 Å². The lowest BCUT2D eigenvalue weighted by molar-refractivity contribution is -0.117. The molecular weight excluding hydrogens is 475 g/mol. The highest BCUT2D eigenvalue weighted by Crippen LogP contribution is 2.34. The summed E-state index contributed by atoms with van der Waals surface area (Å²) in [6.45, 7) is 4.19. The number of rotatable bonds is 7. The van der Waals surface area contributed by atoms with Crippen molar-refractivity contribution < 1.29 is 4.79 Å². The van der Waals surface area contributed by atoms with Gasteiger partial charge in [0.05, 0.1) is 21.8 Å². The molecule has 5 nitrogen and oxygen atoms in total. The fourth-order valence-corrected chi connectivity index (χ4v) is 5.50. The summed E-state index contributed by atoms with van der Waals surface area (Å²) in [6, 6.07) is 16.7. The zero-order valence-electron chi connectivity index (χ0n) is 18.5. The van der Waals surface area contributed by atoms with E-state index in [0.717, 1.165) is 66.7 Å². The van der Waals surface area contributed by atoms with Crippen molar-refractivity contribution in [2.75, 3.05) is 26.2 Å². The number of halogens is 2. The third-order valence-electron chi connectivity index (χ3n) is 6.28. The number of amides is 1. The highest BCUT2D eigenvalue weighted by molar-refractivity contribution is 8.04. The van der Waals surface area contributed by atoms with Gasteiger partial charge in [0.1, 0.15) is 5.65 Å². The fraction of sp³-hybridized carbons (Fsp3) is 0.360. The standard InChI is InChI=1S/C25H28N4OS.2ClH/c30-25(22-16-21-18-26-23-9-4-10-24(31-22)29(21)23)27-17-20-11-14-28(15-12-20)13-5-8-19-6-2-1-3-7-19;;/h1-4,6-7,9-10,16,18,20H,5,8,11-15,17H2,(H,27,30);2*1H. The Kier molecular flexibility index (Phi) is 9.27. The molecule has 1 aromatic carbocycles. The van der Waals surface area contributed by atoms with Crippen molar-refractivity contribution in [3.8, 4) is 0 Å². The number of carbonyl (C=O) groups excluding carboxylic acids is 1. The lowest BCUT2D eigenvalue weighted by Gasteiger charge is -2.32. The largest absolute Gasteiger partial charge is 0.351 e. The molecule has 0 bridgehead atoms. The zero-order chi connectivity index (χ0) is 21.0. The Morgan fingerprint density at radius 1 is 1.06 bits per heavy atom. The van der Waals surface area contributed by atoms with Gasteiger partial charge in [-0.2, -0.15) is 0 Å². The Morgan fingerprint density at radius 3 is 2.64 bits per heavy atom.